The predicted octanol–water partition coefficient (Wildman–Crippen LogP) is 8.35. The minimum Gasteiger partial charge on any atom is -0.361 e. The van der Waals surface area contributed by atoms with Gasteiger partial charge in [-0.25, -0.2) is 24.9 Å². The van der Waals surface area contributed by atoms with E-state index in [1.165, 1.54) is 0 Å². The predicted molar refractivity (Wildman–Crippen MR) is 182 cm³/mol. The molecule has 9 heteroatoms. The zero-order valence-electron chi connectivity index (χ0n) is 25.1. The monoisotopic (exact) mass is 615 g/mol. The first kappa shape index (κ1) is 29.3. The Labute approximate surface area is 276 Å². The van der Waals surface area contributed by atoms with Crippen molar-refractivity contribution in [2.24, 2.45) is 0 Å². The Hall–Kier alpha value is -7.41. The fraction of sp³-hybridized carbons (Fsp3) is 0. The molecule has 0 atom stereocenters. The molecule has 222 valence electrons. The fourth-order valence-electron chi connectivity index (χ4n) is 5.16. The summed E-state index contributed by atoms with van der Waals surface area (Å²) in [7, 11) is 0. The molecule has 7 rings (SSSR count). The summed E-state index contributed by atoms with van der Waals surface area (Å²) in [6, 6.07) is 38.3. The van der Waals surface area contributed by atoms with Gasteiger partial charge in [-0.15, -0.1) is 4.98 Å². The van der Waals surface area contributed by atoms with E-state index in [0.29, 0.717) is 34.7 Å². The molecule has 0 amide bonds. The lowest BCUT2D eigenvalue weighted by atomic mass is 10.0. The van der Waals surface area contributed by atoms with Crippen LogP contribution in [0.3, 0.4) is 0 Å². The first-order valence-electron chi connectivity index (χ1n) is 14.7. The number of hydrogen-bond acceptors (Lipinski definition) is 8. The third-order valence-electron chi connectivity index (χ3n) is 7.62. The molecule has 4 aromatic heterocycles. The van der Waals surface area contributed by atoms with E-state index in [1.807, 2.05) is 91.0 Å². The number of nitrogens with zero attached hydrogens (tertiary/aromatic N) is 9. The van der Waals surface area contributed by atoms with Crippen LogP contribution in [0.1, 0.15) is 11.4 Å². The van der Waals surface area contributed by atoms with Crippen molar-refractivity contribution >= 4 is 5.82 Å². The molecule has 0 aliphatic heterocycles. The number of benzene rings is 3. The zero-order valence-corrected chi connectivity index (χ0v) is 25.1. The highest BCUT2D eigenvalue weighted by molar-refractivity contribution is 5.76. The van der Waals surface area contributed by atoms with Gasteiger partial charge in [0.25, 0.3) is 5.82 Å². The quantitative estimate of drug-likeness (QED) is 0.171. The van der Waals surface area contributed by atoms with Crippen LogP contribution < -0.4 is 0 Å². The Morgan fingerprint density at radius 3 is 1.12 bits per heavy atom. The van der Waals surface area contributed by atoms with Gasteiger partial charge in [0, 0.05) is 45.8 Å². The molecule has 0 radical (unpaired) electrons. The van der Waals surface area contributed by atoms with E-state index in [0.717, 1.165) is 50.1 Å². The first-order chi connectivity index (χ1) is 23.6. The molecular weight excluding hydrogens is 594 g/mol. The van der Waals surface area contributed by atoms with Crippen molar-refractivity contribution in [1.29, 1.82) is 10.5 Å². The maximum atomic E-state index is 9.17. The van der Waals surface area contributed by atoms with Gasteiger partial charge in [0.05, 0.1) is 0 Å². The molecule has 0 aliphatic rings. The molecule has 4 heterocycles. The molecule has 0 bridgehead atoms. The third-order valence-corrected chi connectivity index (χ3v) is 7.62. The minimum atomic E-state index is 0.333. The molecular formula is C39H21N9. The van der Waals surface area contributed by atoms with Crippen molar-refractivity contribution in [2.75, 3.05) is 0 Å². The molecule has 0 saturated heterocycles. The van der Waals surface area contributed by atoms with E-state index >= 15 is 0 Å². The molecule has 3 aromatic carbocycles. The smallest absolute Gasteiger partial charge is 0.269 e. The van der Waals surface area contributed by atoms with E-state index in [2.05, 4.69) is 31.9 Å². The summed E-state index contributed by atoms with van der Waals surface area (Å²) >= 11 is 0. The Bertz CT molecular complexity index is 2130. The van der Waals surface area contributed by atoms with Crippen molar-refractivity contribution in [3.63, 3.8) is 0 Å². The number of hydrogen-bond donors (Lipinski definition) is 0. The molecule has 0 aliphatic carbocycles. The van der Waals surface area contributed by atoms with Gasteiger partial charge in [0.2, 0.25) is 0 Å². The number of rotatable bonds is 6. The van der Waals surface area contributed by atoms with Crippen LogP contribution in [0.4, 0.5) is 5.82 Å². The van der Waals surface area contributed by atoms with Crippen LogP contribution in [0.25, 0.3) is 72.4 Å². The SMILES string of the molecule is [C-]#[N+]c1ccc(-c2cccc(-c3nc(-c4cccc(-c5ccc(C#N)nc5)c4)nc(-c4cccc(-c5ccc(C#N)nc5)c4)n3)c2)cn1. The van der Waals surface area contributed by atoms with E-state index in [1.54, 1.807) is 36.8 Å². The second kappa shape index (κ2) is 12.9. The second-order valence-corrected chi connectivity index (χ2v) is 10.7. The Balaban J connectivity index is 1.35. The molecule has 0 unspecified atom stereocenters. The Morgan fingerprint density at radius 1 is 0.438 bits per heavy atom. The standard InChI is InChI=1S/C39H21N9/c1-42-36-16-13-33(24-45-36)27-7-4-10-30(19-27)39-47-37(28-8-2-5-25(17-28)31-11-14-34(20-40)43-22-31)46-38(48-39)29-9-3-6-26(18-29)32-12-15-35(21-41)44-23-32/h2-19,22-24H. The van der Waals surface area contributed by atoms with Crippen molar-refractivity contribution in [3.05, 3.63) is 151 Å². The third kappa shape index (κ3) is 6.09. The lowest BCUT2D eigenvalue weighted by molar-refractivity contribution is 1.07. The van der Waals surface area contributed by atoms with Crippen molar-refractivity contribution in [3.8, 4) is 79.7 Å². The van der Waals surface area contributed by atoms with Gasteiger partial charge in [0.1, 0.15) is 29.7 Å². The molecule has 7 aromatic rings. The van der Waals surface area contributed by atoms with Crippen LogP contribution >= 0.6 is 0 Å². The van der Waals surface area contributed by atoms with Gasteiger partial charge >= 0.3 is 0 Å². The van der Waals surface area contributed by atoms with Gasteiger partial charge in [-0.1, -0.05) is 67.2 Å². The van der Waals surface area contributed by atoms with Gasteiger partial charge < -0.3 is 4.85 Å². The Morgan fingerprint density at radius 2 is 0.812 bits per heavy atom. The average molecular weight is 616 g/mol. The largest absolute Gasteiger partial charge is 0.361 e. The maximum Gasteiger partial charge on any atom is 0.269 e. The molecule has 0 N–H and O–H groups in total. The molecule has 9 nitrogen and oxygen atoms in total. The lowest BCUT2D eigenvalue weighted by Crippen LogP contribution is -2.00. The fourth-order valence-corrected chi connectivity index (χ4v) is 5.16. The summed E-state index contributed by atoms with van der Waals surface area (Å²) in [6.45, 7) is 7.22. The lowest BCUT2D eigenvalue weighted by Gasteiger charge is -2.11. The summed E-state index contributed by atoms with van der Waals surface area (Å²) in [5, 5.41) is 18.3. The highest BCUT2D eigenvalue weighted by Gasteiger charge is 2.15. The van der Waals surface area contributed by atoms with Crippen molar-refractivity contribution in [2.45, 2.75) is 0 Å². The van der Waals surface area contributed by atoms with E-state index in [4.69, 9.17) is 21.5 Å². The number of nitriles is 2. The molecule has 48 heavy (non-hydrogen) atoms. The molecule has 0 spiro atoms. The van der Waals surface area contributed by atoms with Crippen LogP contribution in [0.2, 0.25) is 0 Å². The van der Waals surface area contributed by atoms with Crippen LogP contribution in [0, 0.1) is 29.2 Å². The van der Waals surface area contributed by atoms with Gasteiger partial charge in [-0.3, -0.25) is 0 Å². The second-order valence-electron chi connectivity index (χ2n) is 10.7. The normalized spacial score (nSPS) is 10.4. The maximum absolute atomic E-state index is 9.17. The number of aromatic nitrogens is 6. The van der Waals surface area contributed by atoms with Crippen LogP contribution in [0.5, 0.6) is 0 Å². The van der Waals surface area contributed by atoms with E-state index in [-0.39, 0.29) is 0 Å². The molecule has 0 saturated carbocycles. The summed E-state index contributed by atoms with van der Waals surface area (Å²) in [5.41, 5.74) is 8.35. The molecule has 0 fully saturated rings. The Kier molecular flexibility index (Phi) is 7.88. The van der Waals surface area contributed by atoms with Crippen LogP contribution in [-0.4, -0.2) is 29.9 Å². The van der Waals surface area contributed by atoms with E-state index in [9.17, 15) is 10.5 Å². The summed E-state index contributed by atoms with van der Waals surface area (Å²) in [5.74, 6) is 1.79. The first-order valence-corrected chi connectivity index (χ1v) is 14.7. The van der Waals surface area contributed by atoms with Gasteiger partial charge in [0.15, 0.2) is 17.5 Å². The zero-order chi connectivity index (χ0) is 32.9. The van der Waals surface area contributed by atoms with Crippen LogP contribution in [-0.2, 0) is 0 Å². The summed E-state index contributed by atoms with van der Waals surface area (Å²) in [6.07, 6.45) is 5.04. The number of pyridine rings is 3. The summed E-state index contributed by atoms with van der Waals surface area (Å²) < 4.78 is 0. The van der Waals surface area contributed by atoms with Crippen molar-refractivity contribution in [1.82, 2.24) is 29.9 Å². The average Bonchev–Trinajstić information content (AvgIpc) is 3.18. The highest BCUT2D eigenvalue weighted by atomic mass is 15.0. The minimum absolute atomic E-state index is 0.333. The van der Waals surface area contributed by atoms with E-state index < -0.39 is 0 Å². The highest BCUT2D eigenvalue weighted by Crippen LogP contribution is 2.31. The topological polar surface area (TPSA) is 129 Å². The van der Waals surface area contributed by atoms with Gasteiger partial charge in [-0.2, -0.15) is 10.5 Å². The summed E-state index contributed by atoms with van der Waals surface area (Å²) in [4.78, 5) is 30.9. The van der Waals surface area contributed by atoms with Crippen LogP contribution in [0.15, 0.2) is 128 Å². The van der Waals surface area contributed by atoms with Gasteiger partial charge in [-0.05, 0) is 65.2 Å². The van der Waals surface area contributed by atoms with Crippen molar-refractivity contribution < 1.29 is 0 Å².